The molecule has 2 heterocycles. The lowest BCUT2D eigenvalue weighted by molar-refractivity contribution is 0.0742. The van der Waals surface area contributed by atoms with E-state index in [0.29, 0.717) is 42.5 Å². The van der Waals surface area contributed by atoms with Crippen molar-refractivity contribution in [2.75, 3.05) is 38.2 Å². The Kier molecular flexibility index (Phi) is 4.99. The van der Waals surface area contributed by atoms with Crippen LogP contribution < -0.4 is 15.2 Å². The maximum Gasteiger partial charge on any atom is 0.259 e. The number of rotatable bonds is 3. The topological polar surface area (TPSA) is 54.8 Å². The second-order valence-electron chi connectivity index (χ2n) is 5.94. The van der Waals surface area contributed by atoms with E-state index in [1.807, 2.05) is 24.3 Å². The average molecular weight is 362 g/mol. The lowest BCUT2D eigenvalue weighted by Crippen LogP contribution is -2.49. The van der Waals surface area contributed by atoms with Crippen LogP contribution in [0.15, 0.2) is 41.3 Å². The van der Waals surface area contributed by atoms with E-state index in [4.69, 9.17) is 16.3 Å². The molecule has 25 heavy (non-hydrogen) atoms. The molecule has 1 aromatic heterocycles. The number of carbonyl (C=O) groups is 1. The Bertz CT molecular complexity index is 842. The Morgan fingerprint density at radius 2 is 1.84 bits per heavy atom. The van der Waals surface area contributed by atoms with Gasteiger partial charge in [-0.05, 0) is 12.1 Å². The van der Waals surface area contributed by atoms with Crippen LogP contribution in [0.3, 0.4) is 0 Å². The number of piperazine rings is 1. The number of aryl methyl sites for hydroxylation is 1. The predicted molar refractivity (Wildman–Crippen MR) is 97.8 cm³/mol. The molecule has 132 valence electrons. The first-order valence-corrected chi connectivity index (χ1v) is 8.42. The monoisotopic (exact) mass is 361 g/mol. The maximum absolute atomic E-state index is 12.8. The molecule has 1 aliphatic heterocycles. The second kappa shape index (κ2) is 7.19. The summed E-state index contributed by atoms with van der Waals surface area (Å²) >= 11 is 6.25. The number of para-hydroxylation sites is 1. The minimum absolute atomic E-state index is 0.133. The van der Waals surface area contributed by atoms with E-state index in [1.165, 1.54) is 23.9 Å². The zero-order valence-electron chi connectivity index (χ0n) is 14.2. The first kappa shape index (κ1) is 17.4. The minimum Gasteiger partial charge on any atom is -0.496 e. The predicted octanol–water partition coefficient (Wildman–Crippen LogP) is 2.01. The van der Waals surface area contributed by atoms with E-state index >= 15 is 0 Å². The molecule has 7 heteroatoms. The van der Waals surface area contributed by atoms with Crippen molar-refractivity contribution in [3.8, 4) is 5.75 Å². The molecule has 1 aliphatic rings. The van der Waals surface area contributed by atoms with Crippen molar-refractivity contribution in [1.29, 1.82) is 0 Å². The van der Waals surface area contributed by atoms with Crippen LogP contribution in [-0.4, -0.2) is 48.7 Å². The number of carbonyl (C=O) groups excluding carboxylic acids is 1. The van der Waals surface area contributed by atoms with E-state index in [9.17, 15) is 9.59 Å². The highest BCUT2D eigenvalue weighted by Crippen LogP contribution is 2.26. The zero-order valence-corrected chi connectivity index (χ0v) is 15.0. The first-order chi connectivity index (χ1) is 12.0. The molecule has 1 saturated heterocycles. The SMILES string of the molecule is COc1cc(=O)n(C)cc1C(=O)N1CCN(c2ccccc2Cl)CC1. The molecule has 0 aliphatic carbocycles. The fourth-order valence-corrected chi connectivity index (χ4v) is 3.23. The lowest BCUT2D eigenvalue weighted by Gasteiger charge is -2.36. The van der Waals surface area contributed by atoms with Crippen LogP contribution in [0.2, 0.25) is 5.02 Å². The van der Waals surface area contributed by atoms with Crippen LogP contribution in [-0.2, 0) is 7.05 Å². The van der Waals surface area contributed by atoms with Crippen molar-refractivity contribution in [2.45, 2.75) is 0 Å². The fraction of sp³-hybridized carbons (Fsp3) is 0.333. The summed E-state index contributed by atoms with van der Waals surface area (Å²) < 4.78 is 6.60. The van der Waals surface area contributed by atoms with Gasteiger partial charge in [0, 0.05) is 45.5 Å². The molecule has 0 radical (unpaired) electrons. The smallest absolute Gasteiger partial charge is 0.259 e. The summed E-state index contributed by atoms with van der Waals surface area (Å²) in [5.41, 5.74) is 1.17. The van der Waals surface area contributed by atoms with E-state index in [2.05, 4.69) is 4.90 Å². The molecule has 2 aromatic rings. The Morgan fingerprint density at radius 3 is 2.48 bits per heavy atom. The van der Waals surface area contributed by atoms with Crippen LogP contribution in [0.25, 0.3) is 0 Å². The van der Waals surface area contributed by atoms with Gasteiger partial charge in [0.1, 0.15) is 5.75 Å². The van der Waals surface area contributed by atoms with Crippen molar-refractivity contribution in [1.82, 2.24) is 9.47 Å². The Labute approximate surface area is 151 Å². The van der Waals surface area contributed by atoms with Crippen LogP contribution in [0.5, 0.6) is 5.75 Å². The molecule has 0 unspecified atom stereocenters. The van der Waals surface area contributed by atoms with E-state index in [1.54, 1.807) is 11.9 Å². The van der Waals surface area contributed by atoms with Gasteiger partial charge in [-0.2, -0.15) is 0 Å². The number of anilines is 1. The van der Waals surface area contributed by atoms with Gasteiger partial charge >= 0.3 is 0 Å². The number of nitrogens with zero attached hydrogens (tertiary/aromatic N) is 3. The van der Waals surface area contributed by atoms with Crippen LogP contribution in [0.4, 0.5) is 5.69 Å². The number of aromatic nitrogens is 1. The highest BCUT2D eigenvalue weighted by atomic mass is 35.5. The normalized spacial score (nSPS) is 14.5. The summed E-state index contributed by atoms with van der Waals surface area (Å²) in [7, 11) is 3.08. The molecule has 6 nitrogen and oxygen atoms in total. The van der Waals surface area contributed by atoms with Gasteiger partial charge in [0.25, 0.3) is 11.5 Å². The highest BCUT2D eigenvalue weighted by Gasteiger charge is 2.25. The number of hydrogen-bond donors (Lipinski definition) is 0. The largest absolute Gasteiger partial charge is 0.496 e. The molecule has 1 aromatic carbocycles. The van der Waals surface area contributed by atoms with E-state index in [-0.39, 0.29) is 11.5 Å². The van der Waals surface area contributed by atoms with Crippen molar-refractivity contribution in [3.63, 3.8) is 0 Å². The molecular formula is C18H20ClN3O3. The molecule has 0 bridgehead atoms. The van der Waals surface area contributed by atoms with E-state index in [0.717, 1.165) is 5.69 Å². The third-order valence-corrected chi connectivity index (χ3v) is 4.72. The van der Waals surface area contributed by atoms with Gasteiger partial charge in [-0.15, -0.1) is 0 Å². The second-order valence-corrected chi connectivity index (χ2v) is 6.34. The summed E-state index contributed by atoms with van der Waals surface area (Å²) in [4.78, 5) is 28.5. The van der Waals surface area contributed by atoms with Gasteiger partial charge in [0.2, 0.25) is 0 Å². The molecule has 3 rings (SSSR count). The zero-order chi connectivity index (χ0) is 18.0. The number of benzene rings is 1. The molecular weight excluding hydrogens is 342 g/mol. The quantitative estimate of drug-likeness (QED) is 0.839. The third-order valence-electron chi connectivity index (χ3n) is 4.40. The Balaban J connectivity index is 1.75. The summed E-state index contributed by atoms with van der Waals surface area (Å²) in [6.07, 6.45) is 1.53. The molecule has 0 N–H and O–H groups in total. The summed E-state index contributed by atoms with van der Waals surface area (Å²) in [5, 5.41) is 0.710. The third kappa shape index (κ3) is 3.49. The maximum atomic E-state index is 12.8. The number of amides is 1. The van der Waals surface area contributed by atoms with Gasteiger partial charge in [0.05, 0.1) is 23.4 Å². The number of hydrogen-bond acceptors (Lipinski definition) is 4. The van der Waals surface area contributed by atoms with Crippen molar-refractivity contribution < 1.29 is 9.53 Å². The van der Waals surface area contributed by atoms with Gasteiger partial charge < -0.3 is 19.1 Å². The molecule has 0 saturated carbocycles. The van der Waals surface area contributed by atoms with Crippen LogP contribution >= 0.6 is 11.6 Å². The Hall–Kier alpha value is -2.47. The summed E-state index contributed by atoms with van der Waals surface area (Å²) in [6, 6.07) is 9.04. The van der Waals surface area contributed by atoms with Crippen LogP contribution in [0.1, 0.15) is 10.4 Å². The van der Waals surface area contributed by atoms with Crippen LogP contribution in [0, 0.1) is 0 Å². The number of pyridine rings is 1. The number of ether oxygens (including phenoxy) is 1. The molecule has 1 fully saturated rings. The highest BCUT2D eigenvalue weighted by molar-refractivity contribution is 6.33. The molecule has 0 spiro atoms. The van der Waals surface area contributed by atoms with Gasteiger partial charge in [-0.1, -0.05) is 23.7 Å². The lowest BCUT2D eigenvalue weighted by atomic mass is 10.2. The summed E-state index contributed by atoms with van der Waals surface area (Å²) in [6.45, 7) is 2.55. The van der Waals surface area contributed by atoms with Crippen molar-refractivity contribution in [2.24, 2.45) is 7.05 Å². The number of methoxy groups -OCH3 is 1. The van der Waals surface area contributed by atoms with E-state index < -0.39 is 0 Å². The Morgan fingerprint density at radius 1 is 1.16 bits per heavy atom. The summed E-state index contributed by atoms with van der Waals surface area (Å²) in [5.74, 6) is 0.174. The fourth-order valence-electron chi connectivity index (χ4n) is 2.97. The molecule has 0 atom stereocenters. The van der Waals surface area contributed by atoms with Gasteiger partial charge in [0.15, 0.2) is 0 Å². The van der Waals surface area contributed by atoms with Crippen molar-refractivity contribution in [3.05, 3.63) is 57.5 Å². The minimum atomic E-state index is -0.211. The average Bonchev–Trinajstić information content (AvgIpc) is 2.63. The molecule has 1 amide bonds. The number of halogens is 1. The first-order valence-electron chi connectivity index (χ1n) is 8.04. The standard InChI is InChI=1S/C18H20ClN3O3/c1-20-12-13(16(25-2)11-17(20)23)18(24)22-9-7-21(8-10-22)15-6-4-3-5-14(15)19/h3-6,11-12H,7-10H2,1-2H3. The van der Waals surface area contributed by atoms with Gasteiger partial charge in [-0.3, -0.25) is 9.59 Å². The van der Waals surface area contributed by atoms with Gasteiger partial charge in [-0.25, -0.2) is 0 Å². The van der Waals surface area contributed by atoms with Crippen molar-refractivity contribution >= 4 is 23.2 Å².